The molecule has 0 bridgehead atoms. The Kier molecular flexibility index (Phi) is 5.22. The second-order valence-corrected chi connectivity index (χ2v) is 5.48. The average molecular weight is 274 g/mol. The number of aromatic carboxylic acids is 1. The van der Waals surface area contributed by atoms with Gasteiger partial charge >= 0.3 is 5.97 Å². The standard InChI is InChI=1S/C17H22O3/c1-2-20-12-14-8-9-16(17(18)19)15(11-14)10-13-6-4-3-5-7-13/h2,8-9,11,13H,1,3-7,10,12H2,(H,18,19). The number of rotatable bonds is 6. The fourth-order valence-electron chi connectivity index (χ4n) is 2.97. The Morgan fingerprint density at radius 1 is 1.35 bits per heavy atom. The lowest BCUT2D eigenvalue weighted by molar-refractivity contribution is 0.0695. The summed E-state index contributed by atoms with van der Waals surface area (Å²) < 4.78 is 5.18. The van der Waals surface area contributed by atoms with E-state index in [0.29, 0.717) is 18.1 Å². The first-order chi connectivity index (χ1) is 9.70. The zero-order valence-electron chi connectivity index (χ0n) is 11.8. The number of carboxylic acids is 1. The fourth-order valence-corrected chi connectivity index (χ4v) is 2.97. The van der Waals surface area contributed by atoms with Crippen LogP contribution in [-0.2, 0) is 17.8 Å². The first kappa shape index (κ1) is 14.6. The first-order valence-electron chi connectivity index (χ1n) is 7.28. The molecular weight excluding hydrogens is 252 g/mol. The van der Waals surface area contributed by atoms with Crippen LogP contribution < -0.4 is 0 Å². The topological polar surface area (TPSA) is 46.5 Å². The van der Waals surface area contributed by atoms with Crippen LogP contribution in [0.5, 0.6) is 0 Å². The molecule has 0 unspecified atom stereocenters. The zero-order chi connectivity index (χ0) is 14.4. The summed E-state index contributed by atoms with van der Waals surface area (Å²) in [4.78, 5) is 11.3. The summed E-state index contributed by atoms with van der Waals surface area (Å²) in [5.41, 5.74) is 2.37. The number of benzene rings is 1. The van der Waals surface area contributed by atoms with Crippen LogP contribution in [0.1, 0.15) is 53.6 Å². The Morgan fingerprint density at radius 3 is 2.75 bits per heavy atom. The highest BCUT2D eigenvalue weighted by Crippen LogP contribution is 2.28. The molecule has 20 heavy (non-hydrogen) atoms. The van der Waals surface area contributed by atoms with Gasteiger partial charge < -0.3 is 9.84 Å². The molecule has 0 heterocycles. The molecule has 1 N–H and O–H groups in total. The summed E-state index contributed by atoms with van der Waals surface area (Å²) in [6, 6.07) is 5.49. The van der Waals surface area contributed by atoms with E-state index < -0.39 is 5.97 Å². The van der Waals surface area contributed by atoms with Crippen molar-refractivity contribution < 1.29 is 14.6 Å². The lowest BCUT2D eigenvalue weighted by Gasteiger charge is -2.22. The van der Waals surface area contributed by atoms with Crippen molar-refractivity contribution in [1.82, 2.24) is 0 Å². The molecule has 2 rings (SSSR count). The van der Waals surface area contributed by atoms with Gasteiger partial charge in [0.1, 0.15) is 6.61 Å². The van der Waals surface area contributed by atoms with Gasteiger partial charge in [-0.05, 0) is 29.5 Å². The molecule has 0 aromatic heterocycles. The number of hydrogen-bond donors (Lipinski definition) is 1. The van der Waals surface area contributed by atoms with Gasteiger partial charge in [-0.1, -0.05) is 50.8 Å². The van der Waals surface area contributed by atoms with Crippen LogP contribution in [0.2, 0.25) is 0 Å². The maximum atomic E-state index is 11.3. The van der Waals surface area contributed by atoms with Crippen molar-refractivity contribution >= 4 is 5.97 Å². The van der Waals surface area contributed by atoms with E-state index in [2.05, 4.69) is 6.58 Å². The highest BCUT2D eigenvalue weighted by atomic mass is 16.5. The summed E-state index contributed by atoms with van der Waals surface area (Å²) in [6.07, 6.45) is 8.56. The maximum absolute atomic E-state index is 11.3. The van der Waals surface area contributed by atoms with E-state index >= 15 is 0 Å². The van der Waals surface area contributed by atoms with E-state index in [1.165, 1.54) is 38.4 Å². The van der Waals surface area contributed by atoms with E-state index in [9.17, 15) is 9.90 Å². The average Bonchev–Trinajstić information content (AvgIpc) is 2.46. The summed E-state index contributed by atoms with van der Waals surface area (Å²) in [5.74, 6) is -0.218. The van der Waals surface area contributed by atoms with Crippen LogP contribution in [0.4, 0.5) is 0 Å². The van der Waals surface area contributed by atoms with Gasteiger partial charge in [0.2, 0.25) is 0 Å². The molecule has 0 aliphatic heterocycles. The third-order valence-corrected chi connectivity index (χ3v) is 4.00. The van der Waals surface area contributed by atoms with Crippen LogP contribution >= 0.6 is 0 Å². The molecule has 0 atom stereocenters. The van der Waals surface area contributed by atoms with E-state index in [0.717, 1.165) is 17.5 Å². The second kappa shape index (κ2) is 7.13. The molecule has 1 aliphatic carbocycles. The van der Waals surface area contributed by atoms with Gasteiger partial charge in [0.25, 0.3) is 0 Å². The SMILES string of the molecule is C=COCc1ccc(C(=O)O)c(CC2CCCCC2)c1. The predicted molar refractivity (Wildman–Crippen MR) is 78.7 cm³/mol. The van der Waals surface area contributed by atoms with Crippen molar-refractivity contribution in [3.05, 3.63) is 47.7 Å². The minimum atomic E-state index is -0.841. The van der Waals surface area contributed by atoms with Crippen molar-refractivity contribution in [3.63, 3.8) is 0 Å². The highest BCUT2D eigenvalue weighted by molar-refractivity contribution is 5.89. The van der Waals surface area contributed by atoms with Crippen LogP contribution in [0.15, 0.2) is 31.0 Å². The van der Waals surface area contributed by atoms with Gasteiger partial charge in [-0.2, -0.15) is 0 Å². The Hall–Kier alpha value is -1.77. The molecular formula is C17H22O3. The van der Waals surface area contributed by atoms with E-state index in [1.54, 1.807) is 6.07 Å². The number of carboxylic acid groups (broad SMARTS) is 1. The molecule has 1 aromatic rings. The second-order valence-electron chi connectivity index (χ2n) is 5.48. The van der Waals surface area contributed by atoms with Crippen molar-refractivity contribution in [2.45, 2.75) is 45.1 Å². The summed E-state index contributed by atoms with van der Waals surface area (Å²) in [6.45, 7) is 3.97. The van der Waals surface area contributed by atoms with Crippen LogP contribution in [0.3, 0.4) is 0 Å². The quantitative estimate of drug-likeness (QED) is 0.792. The largest absolute Gasteiger partial charge is 0.497 e. The van der Waals surface area contributed by atoms with Gasteiger partial charge in [-0.3, -0.25) is 0 Å². The normalized spacial score (nSPS) is 15.8. The Labute approximate surface area is 120 Å². The molecule has 0 spiro atoms. The minimum absolute atomic E-state index is 0.429. The lowest BCUT2D eigenvalue weighted by atomic mass is 9.83. The number of carbonyl (C=O) groups is 1. The Bertz CT molecular complexity index is 473. The maximum Gasteiger partial charge on any atom is 0.335 e. The van der Waals surface area contributed by atoms with Crippen LogP contribution in [-0.4, -0.2) is 11.1 Å². The van der Waals surface area contributed by atoms with Gasteiger partial charge in [-0.15, -0.1) is 0 Å². The summed E-state index contributed by atoms with van der Waals surface area (Å²) in [7, 11) is 0. The minimum Gasteiger partial charge on any atom is -0.497 e. The predicted octanol–water partition coefficient (Wildman–Crippen LogP) is 4.17. The number of ether oxygens (including phenoxy) is 1. The van der Waals surface area contributed by atoms with Crippen molar-refractivity contribution in [2.24, 2.45) is 5.92 Å². The van der Waals surface area contributed by atoms with E-state index in [4.69, 9.17) is 4.74 Å². The third kappa shape index (κ3) is 3.86. The van der Waals surface area contributed by atoms with Crippen molar-refractivity contribution in [1.29, 1.82) is 0 Å². The van der Waals surface area contributed by atoms with E-state index in [-0.39, 0.29) is 0 Å². The van der Waals surface area contributed by atoms with Crippen molar-refractivity contribution in [3.8, 4) is 0 Å². The smallest absolute Gasteiger partial charge is 0.335 e. The van der Waals surface area contributed by atoms with Gasteiger partial charge in [0.15, 0.2) is 0 Å². The molecule has 0 amide bonds. The third-order valence-electron chi connectivity index (χ3n) is 4.00. The molecule has 3 heteroatoms. The number of hydrogen-bond acceptors (Lipinski definition) is 2. The van der Waals surface area contributed by atoms with Gasteiger partial charge in [-0.25, -0.2) is 4.79 Å². The van der Waals surface area contributed by atoms with Gasteiger partial charge in [0, 0.05) is 0 Å². The van der Waals surface area contributed by atoms with E-state index in [1.807, 2.05) is 12.1 Å². The lowest BCUT2D eigenvalue weighted by Crippen LogP contribution is -2.12. The van der Waals surface area contributed by atoms with Crippen LogP contribution in [0, 0.1) is 5.92 Å². The molecule has 1 saturated carbocycles. The zero-order valence-corrected chi connectivity index (χ0v) is 11.8. The van der Waals surface area contributed by atoms with Crippen molar-refractivity contribution in [2.75, 3.05) is 0 Å². The highest BCUT2D eigenvalue weighted by Gasteiger charge is 2.18. The summed E-state index contributed by atoms with van der Waals surface area (Å²) in [5, 5.41) is 9.31. The molecule has 0 saturated heterocycles. The monoisotopic (exact) mass is 274 g/mol. The van der Waals surface area contributed by atoms with Gasteiger partial charge in [0.05, 0.1) is 11.8 Å². The molecule has 3 nitrogen and oxygen atoms in total. The first-order valence-corrected chi connectivity index (χ1v) is 7.28. The molecule has 108 valence electrons. The molecule has 1 aromatic carbocycles. The summed E-state index contributed by atoms with van der Waals surface area (Å²) >= 11 is 0. The molecule has 1 fully saturated rings. The molecule has 1 aliphatic rings. The van der Waals surface area contributed by atoms with Crippen LogP contribution in [0.25, 0.3) is 0 Å². The Balaban J connectivity index is 2.16. The molecule has 0 radical (unpaired) electrons. The fraction of sp³-hybridized carbons (Fsp3) is 0.471. The Morgan fingerprint density at radius 2 is 2.10 bits per heavy atom.